The lowest BCUT2D eigenvalue weighted by atomic mass is 10.3. The van der Waals surface area contributed by atoms with Crippen molar-refractivity contribution in [3.63, 3.8) is 0 Å². The Labute approximate surface area is 80.0 Å². The lowest BCUT2D eigenvalue weighted by Crippen LogP contribution is -1.71. The molecule has 62 valence electrons. The Morgan fingerprint density at radius 2 is 2.25 bits per heavy atom. The van der Waals surface area contributed by atoms with Crippen molar-refractivity contribution in [2.75, 3.05) is 5.75 Å². The molecule has 0 aliphatic rings. The smallest absolute Gasteiger partial charge is 0.118 e. The van der Waals surface area contributed by atoms with Crippen LogP contribution in [0.25, 0.3) is 10.1 Å². The molecule has 0 aliphatic heterocycles. The zero-order chi connectivity index (χ0) is 8.39. The molecule has 2 aromatic rings. The summed E-state index contributed by atoms with van der Waals surface area (Å²) in [4.78, 5) is 0. The zero-order valence-corrected chi connectivity index (χ0v) is 8.41. The number of hydrogen-bond donors (Lipinski definition) is 0. The summed E-state index contributed by atoms with van der Waals surface area (Å²) in [6.45, 7) is 2.15. The first-order valence-corrected chi connectivity index (χ1v) is 5.65. The third-order valence-electron chi connectivity index (χ3n) is 1.63. The minimum Gasteiger partial charge on any atom is -0.185 e. The Hall–Kier alpha value is -0.540. The molecule has 0 radical (unpaired) electrons. The second kappa shape index (κ2) is 3.46. The van der Waals surface area contributed by atoms with Gasteiger partial charge in [0.15, 0.2) is 0 Å². The van der Waals surface area contributed by atoms with Crippen LogP contribution in [0.4, 0.5) is 0 Å². The van der Waals surface area contributed by atoms with Crippen molar-refractivity contribution >= 4 is 33.4 Å². The van der Waals surface area contributed by atoms with Gasteiger partial charge in [-0.2, -0.15) is 4.37 Å². The Morgan fingerprint density at radius 3 is 3.08 bits per heavy atom. The fraction of sp³-hybridized carbons (Fsp3) is 0.222. The van der Waals surface area contributed by atoms with Gasteiger partial charge in [0.05, 0.1) is 4.70 Å². The molecular weight excluding hydrogens is 186 g/mol. The van der Waals surface area contributed by atoms with Crippen LogP contribution in [0.5, 0.6) is 0 Å². The topological polar surface area (TPSA) is 12.9 Å². The van der Waals surface area contributed by atoms with E-state index < -0.39 is 0 Å². The lowest BCUT2D eigenvalue weighted by Gasteiger charge is -1.91. The number of rotatable bonds is 2. The Bertz CT molecular complexity index is 381. The molecule has 0 bridgehead atoms. The highest BCUT2D eigenvalue weighted by Gasteiger charge is 2.03. The largest absolute Gasteiger partial charge is 0.185 e. The fourth-order valence-corrected chi connectivity index (χ4v) is 2.78. The first kappa shape index (κ1) is 8.08. The Balaban J connectivity index is 2.55. The molecule has 0 atom stereocenters. The van der Waals surface area contributed by atoms with Crippen molar-refractivity contribution in [3.05, 3.63) is 24.3 Å². The van der Waals surface area contributed by atoms with Crippen molar-refractivity contribution < 1.29 is 0 Å². The highest BCUT2D eigenvalue weighted by Crippen LogP contribution is 2.29. The van der Waals surface area contributed by atoms with Crippen LogP contribution in [-0.2, 0) is 0 Å². The van der Waals surface area contributed by atoms with Gasteiger partial charge in [-0.05, 0) is 23.4 Å². The summed E-state index contributed by atoms with van der Waals surface area (Å²) in [6, 6.07) is 8.38. The molecule has 1 nitrogen and oxygen atoms in total. The Kier molecular flexibility index (Phi) is 2.33. The maximum Gasteiger partial charge on any atom is 0.118 e. The maximum atomic E-state index is 4.39. The number of thioether (sulfide) groups is 1. The van der Waals surface area contributed by atoms with E-state index in [9.17, 15) is 0 Å². The predicted octanol–water partition coefficient (Wildman–Crippen LogP) is 3.41. The molecule has 1 heterocycles. The van der Waals surface area contributed by atoms with E-state index in [1.165, 1.54) is 15.1 Å². The monoisotopic (exact) mass is 195 g/mol. The molecule has 0 saturated carbocycles. The molecule has 0 saturated heterocycles. The third-order valence-corrected chi connectivity index (χ3v) is 3.44. The Morgan fingerprint density at radius 1 is 1.42 bits per heavy atom. The normalized spacial score (nSPS) is 10.8. The zero-order valence-electron chi connectivity index (χ0n) is 6.78. The summed E-state index contributed by atoms with van der Waals surface area (Å²) < 4.78 is 5.68. The summed E-state index contributed by atoms with van der Waals surface area (Å²) in [6.07, 6.45) is 0. The van der Waals surface area contributed by atoms with Gasteiger partial charge in [-0.1, -0.05) is 25.1 Å². The lowest BCUT2D eigenvalue weighted by molar-refractivity contribution is 1.32. The van der Waals surface area contributed by atoms with Crippen molar-refractivity contribution in [2.24, 2.45) is 0 Å². The van der Waals surface area contributed by atoms with Crippen LogP contribution in [0.3, 0.4) is 0 Å². The summed E-state index contributed by atoms with van der Waals surface area (Å²) in [5, 5.41) is 2.48. The quantitative estimate of drug-likeness (QED) is 0.681. The molecule has 12 heavy (non-hydrogen) atoms. The van der Waals surface area contributed by atoms with E-state index in [4.69, 9.17) is 0 Å². The molecule has 1 aromatic carbocycles. The third kappa shape index (κ3) is 1.34. The number of benzene rings is 1. The van der Waals surface area contributed by atoms with Gasteiger partial charge >= 0.3 is 0 Å². The van der Waals surface area contributed by atoms with Crippen molar-refractivity contribution in [1.29, 1.82) is 0 Å². The highest BCUT2D eigenvalue weighted by atomic mass is 32.2. The van der Waals surface area contributed by atoms with Crippen molar-refractivity contribution in [2.45, 2.75) is 11.9 Å². The van der Waals surface area contributed by atoms with Crippen LogP contribution >= 0.6 is 23.3 Å². The maximum absolute atomic E-state index is 4.39. The fourth-order valence-electron chi connectivity index (χ4n) is 1.10. The summed E-state index contributed by atoms with van der Waals surface area (Å²) in [5.41, 5.74) is 0. The van der Waals surface area contributed by atoms with E-state index in [1.807, 2.05) is 11.8 Å². The highest BCUT2D eigenvalue weighted by molar-refractivity contribution is 7.99. The average molecular weight is 195 g/mol. The van der Waals surface area contributed by atoms with E-state index in [0.29, 0.717) is 0 Å². The first-order valence-electron chi connectivity index (χ1n) is 3.89. The summed E-state index contributed by atoms with van der Waals surface area (Å²) in [7, 11) is 0. The van der Waals surface area contributed by atoms with Crippen LogP contribution in [0.15, 0.2) is 29.3 Å². The van der Waals surface area contributed by atoms with Crippen LogP contribution < -0.4 is 0 Å². The predicted molar refractivity (Wildman–Crippen MR) is 56.0 cm³/mol. The van der Waals surface area contributed by atoms with Gasteiger partial charge in [0.2, 0.25) is 0 Å². The van der Waals surface area contributed by atoms with E-state index in [2.05, 4.69) is 35.6 Å². The molecule has 0 amide bonds. The number of hydrogen-bond acceptors (Lipinski definition) is 3. The van der Waals surface area contributed by atoms with Crippen molar-refractivity contribution in [1.82, 2.24) is 4.37 Å². The van der Waals surface area contributed by atoms with Gasteiger partial charge in [-0.15, -0.1) is 11.8 Å². The average Bonchev–Trinajstić information content (AvgIpc) is 2.50. The number of aromatic nitrogens is 1. The first-order chi connectivity index (χ1) is 5.92. The summed E-state index contributed by atoms with van der Waals surface area (Å²) in [5.74, 6) is 1.09. The van der Waals surface area contributed by atoms with Gasteiger partial charge < -0.3 is 0 Å². The molecular formula is C9H9NS2. The van der Waals surface area contributed by atoms with E-state index in [0.717, 1.165) is 5.75 Å². The summed E-state index contributed by atoms with van der Waals surface area (Å²) >= 11 is 3.39. The molecule has 0 N–H and O–H groups in total. The minimum absolute atomic E-state index is 1.09. The standard InChI is InChI=1S/C9H9NS2/c1-2-11-9-7-5-3-4-6-8(7)12-10-9/h3-6H,2H2,1H3. The van der Waals surface area contributed by atoms with Gasteiger partial charge in [0.25, 0.3) is 0 Å². The molecule has 2 rings (SSSR count). The van der Waals surface area contributed by atoms with Crippen LogP contribution in [0.1, 0.15) is 6.92 Å². The second-order valence-corrected chi connectivity index (χ2v) is 4.47. The van der Waals surface area contributed by atoms with Gasteiger partial charge in [-0.25, -0.2) is 0 Å². The van der Waals surface area contributed by atoms with E-state index in [-0.39, 0.29) is 0 Å². The van der Waals surface area contributed by atoms with E-state index in [1.54, 1.807) is 11.5 Å². The molecule has 0 spiro atoms. The van der Waals surface area contributed by atoms with E-state index >= 15 is 0 Å². The molecule has 0 fully saturated rings. The number of nitrogens with zero attached hydrogens (tertiary/aromatic N) is 1. The molecule has 0 aliphatic carbocycles. The number of fused-ring (bicyclic) bond motifs is 1. The van der Waals surface area contributed by atoms with Crippen LogP contribution in [0.2, 0.25) is 0 Å². The molecule has 1 aromatic heterocycles. The van der Waals surface area contributed by atoms with Crippen molar-refractivity contribution in [3.8, 4) is 0 Å². The van der Waals surface area contributed by atoms with Crippen LogP contribution in [0, 0.1) is 0 Å². The SMILES string of the molecule is CCSc1nsc2ccccc12. The minimum atomic E-state index is 1.09. The molecule has 3 heteroatoms. The van der Waals surface area contributed by atoms with Gasteiger partial charge in [0.1, 0.15) is 5.03 Å². The van der Waals surface area contributed by atoms with Crippen LogP contribution in [-0.4, -0.2) is 10.1 Å². The van der Waals surface area contributed by atoms with Gasteiger partial charge in [-0.3, -0.25) is 0 Å². The van der Waals surface area contributed by atoms with Gasteiger partial charge in [0, 0.05) is 5.39 Å². The second-order valence-electron chi connectivity index (χ2n) is 2.42. The molecule has 0 unspecified atom stereocenters.